The van der Waals surface area contributed by atoms with Crippen LogP contribution in [0.1, 0.15) is 37.7 Å². The molecule has 2 amide bonds. The third kappa shape index (κ3) is 4.10. The maximum absolute atomic E-state index is 12.5. The van der Waals surface area contributed by atoms with E-state index in [4.69, 9.17) is 11.6 Å². The highest BCUT2D eigenvalue weighted by Crippen LogP contribution is 2.22. The molecule has 1 aromatic carbocycles. The molecule has 1 unspecified atom stereocenters. The molecule has 2 heterocycles. The van der Waals surface area contributed by atoms with Crippen LogP contribution in [-0.2, 0) is 4.79 Å². The van der Waals surface area contributed by atoms with Gasteiger partial charge in [-0.15, -0.1) is 0 Å². The van der Waals surface area contributed by atoms with Gasteiger partial charge >= 0.3 is 0 Å². The molecule has 1 aliphatic heterocycles. The van der Waals surface area contributed by atoms with Crippen LogP contribution in [0.3, 0.4) is 0 Å². The van der Waals surface area contributed by atoms with Crippen molar-refractivity contribution >= 4 is 34.3 Å². The number of nitrogens with zero attached hydrogens (tertiary/aromatic N) is 2. The Morgan fingerprint density at radius 1 is 1.32 bits per heavy atom. The molecular weight excluding hydrogens is 338 g/mol. The first-order valence-corrected chi connectivity index (χ1v) is 8.75. The summed E-state index contributed by atoms with van der Waals surface area (Å²) >= 11 is 6.16. The minimum absolute atomic E-state index is 0.0329. The topological polar surface area (TPSA) is 62.3 Å². The molecule has 5 nitrogen and oxygen atoms in total. The fraction of sp³-hybridized carbons (Fsp3) is 0.421. The van der Waals surface area contributed by atoms with Gasteiger partial charge in [0.25, 0.3) is 5.91 Å². The maximum atomic E-state index is 12.5. The smallest absolute Gasteiger partial charge is 0.270 e. The van der Waals surface area contributed by atoms with Crippen LogP contribution in [0, 0.1) is 5.41 Å². The molecule has 0 bridgehead atoms. The van der Waals surface area contributed by atoms with E-state index in [-0.39, 0.29) is 23.3 Å². The number of carbonyl (C=O) groups excluding carboxylic acids is 2. The van der Waals surface area contributed by atoms with Crippen LogP contribution in [0.15, 0.2) is 30.3 Å². The number of halogens is 1. The van der Waals surface area contributed by atoms with E-state index in [9.17, 15) is 9.59 Å². The van der Waals surface area contributed by atoms with E-state index in [1.54, 1.807) is 12.1 Å². The van der Waals surface area contributed by atoms with Gasteiger partial charge in [-0.1, -0.05) is 50.6 Å². The predicted molar refractivity (Wildman–Crippen MR) is 98.7 cm³/mol. The summed E-state index contributed by atoms with van der Waals surface area (Å²) in [5.41, 5.74) is 0.946. The van der Waals surface area contributed by atoms with Crippen molar-refractivity contribution in [3.63, 3.8) is 0 Å². The third-order valence-corrected chi connectivity index (χ3v) is 4.42. The minimum atomic E-state index is -0.280. The molecule has 0 saturated carbocycles. The molecule has 2 aromatic rings. The fourth-order valence-electron chi connectivity index (χ4n) is 3.09. The number of likely N-dealkylation sites (tertiary alicyclic amines) is 1. The van der Waals surface area contributed by atoms with Gasteiger partial charge in [0.1, 0.15) is 5.69 Å². The van der Waals surface area contributed by atoms with Crippen LogP contribution in [0.4, 0.5) is 0 Å². The zero-order valence-electron chi connectivity index (χ0n) is 14.7. The minimum Gasteiger partial charge on any atom is -0.346 e. The molecule has 25 heavy (non-hydrogen) atoms. The second-order valence-electron chi connectivity index (χ2n) is 7.72. The Labute approximate surface area is 152 Å². The quantitative estimate of drug-likeness (QED) is 0.914. The number of rotatable bonds is 3. The Kier molecular flexibility index (Phi) is 4.69. The van der Waals surface area contributed by atoms with Crippen molar-refractivity contribution in [3.8, 4) is 0 Å². The summed E-state index contributed by atoms with van der Waals surface area (Å²) in [6.45, 7) is 7.50. The number of para-hydroxylation sites is 1. The molecule has 1 aromatic heterocycles. The summed E-state index contributed by atoms with van der Waals surface area (Å²) in [7, 11) is 0. The third-order valence-electron chi connectivity index (χ3n) is 4.12. The number of hydrogen-bond donors (Lipinski definition) is 1. The van der Waals surface area contributed by atoms with Crippen molar-refractivity contribution in [2.45, 2.75) is 33.2 Å². The summed E-state index contributed by atoms with van der Waals surface area (Å²) < 4.78 is 0. The average Bonchev–Trinajstić information content (AvgIpc) is 2.85. The highest BCUT2D eigenvalue weighted by molar-refractivity contribution is 6.35. The van der Waals surface area contributed by atoms with Gasteiger partial charge in [-0.3, -0.25) is 9.59 Å². The Morgan fingerprint density at radius 3 is 2.80 bits per heavy atom. The first kappa shape index (κ1) is 17.7. The highest BCUT2D eigenvalue weighted by Gasteiger charge is 2.33. The Balaban J connectivity index is 1.71. The molecule has 6 heteroatoms. The van der Waals surface area contributed by atoms with Gasteiger partial charge < -0.3 is 10.2 Å². The van der Waals surface area contributed by atoms with Gasteiger partial charge in [-0.2, -0.15) is 0 Å². The van der Waals surface area contributed by atoms with Crippen molar-refractivity contribution in [3.05, 3.63) is 41.0 Å². The fourth-order valence-corrected chi connectivity index (χ4v) is 3.32. The van der Waals surface area contributed by atoms with Crippen molar-refractivity contribution in [2.24, 2.45) is 5.41 Å². The SMILES string of the molecule is CC(C)(C)CN1CC(NC(=O)c2ccc3cccc(Cl)c3n2)CC1=O. The zero-order valence-corrected chi connectivity index (χ0v) is 15.4. The summed E-state index contributed by atoms with van der Waals surface area (Å²) in [5, 5.41) is 4.32. The number of carbonyl (C=O) groups is 2. The van der Waals surface area contributed by atoms with Gasteiger partial charge in [0, 0.05) is 24.9 Å². The lowest BCUT2D eigenvalue weighted by molar-refractivity contribution is -0.128. The van der Waals surface area contributed by atoms with Crippen molar-refractivity contribution in [2.75, 3.05) is 13.1 Å². The number of fused-ring (bicyclic) bond motifs is 1. The van der Waals surface area contributed by atoms with Crippen LogP contribution in [0.5, 0.6) is 0 Å². The monoisotopic (exact) mass is 359 g/mol. The lowest BCUT2D eigenvalue weighted by Gasteiger charge is -2.26. The molecule has 0 spiro atoms. The number of aromatic nitrogens is 1. The van der Waals surface area contributed by atoms with Gasteiger partial charge in [0.2, 0.25) is 5.91 Å². The Hall–Kier alpha value is -2.14. The molecule has 132 valence electrons. The lowest BCUT2D eigenvalue weighted by Crippen LogP contribution is -2.39. The van der Waals surface area contributed by atoms with Gasteiger partial charge in [0.15, 0.2) is 0 Å². The number of benzene rings is 1. The zero-order chi connectivity index (χ0) is 18.2. The average molecular weight is 360 g/mol. The number of hydrogen-bond acceptors (Lipinski definition) is 3. The van der Waals surface area contributed by atoms with E-state index in [2.05, 4.69) is 31.1 Å². The van der Waals surface area contributed by atoms with Crippen LogP contribution in [0.25, 0.3) is 10.9 Å². The summed E-state index contributed by atoms with van der Waals surface area (Å²) in [6.07, 6.45) is 0.330. The van der Waals surface area contributed by atoms with Crippen molar-refractivity contribution < 1.29 is 9.59 Å². The van der Waals surface area contributed by atoms with E-state index < -0.39 is 0 Å². The van der Waals surface area contributed by atoms with Crippen LogP contribution in [0.2, 0.25) is 5.02 Å². The van der Waals surface area contributed by atoms with Crippen molar-refractivity contribution in [1.29, 1.82) is 0 Å². The maximum Gasteiger partial charge on any atom is 0.270 e. The molecular formula is C19H22ClN3O2. The van der Waals surface area contributed by atoms with E-state index in [1.807, 2.05) is 23.1 Å². The van der Waals surface area contributed by atoms with Crippen LogP contribution in [-0.4, -0.2) is 40.8 Å². The highest BCUT2D eigenvalue weighted by atomic mass is 35.5. The van der Waals surface area contributed by atoms with Crippen LogP contribution >= 0.6 is 11.6 Å². The van der Waals surface area contributed by atoms with Crippen LogP contribution < -0.4 is 5.32 Å². The first-order valence-electron chi connectivity index (χ1n) is 8.37. The molecule has 1 aliphatic rings. The number of nitrogens with one attached hydrogen (secondary N) is 1. The molecule has 1 fully saturated rings. The number of amides is 2. The van der Waals surface area contributed by atoms with Crippen molar-refractivity contribution in [1.82, 2.24) is 15.2 Å². The molecule has 0 radical (unpaired) electrons. The lowest BCUT2D eigenvalue weighted by atomic mass is 9.96. The summed E-state index contributed by atoms with van der Waals surface area (Å²) in [4.78, 5) is 30.8. The molecule has 1 N–H and O–H groups in total. The second kappa shape index (κ2) is 6.64. The Morgan fingerprint density at radius 2 is 2.08 bits per heavy atom. The molecule has 1 atom stereocenters. The number of pyridine rings is 1. The second-order valence-corrected chi connectivity index (χ2v) is 8.12. The van der Waals surface area contributed by atoms with Gasteiger partial charge in [0.05, 0.1) is 16.6 Å². The van der Waals surface area contributed by atoms with Gasteiger partial charge in [-0.25, -0.2) is 4.98 Å². The summed E-state index contributed by atoms with van der Waals surface area (Å²) in [5.74, 6) is -0.202. The molecule has 1 saturated heterocycles. The van der Waals surface area contributed by atoms with E-state index >= 15 is 0 Å². The Bertz CT molecular complexity index is 829. The van der Waals surface area contributed by atoms with E-state index in [0.717, 1.165) is 5.39 Å². The van der Waals surface area contributed by atoms with E-state index in [0.29, 0.717) is 35.7 Å². The van der Waals surface area contributed by atoms with E-state index in [1.165, 1.54) is 0 Å². The molecule has 3 rings (SSSR count). The van der Waals surface area contributed by atoms with Gasteiger partial charge in [-0.05, 0) is 17.5 Å². The predicted octanol–water partition coefficient (Wildman–Crippen LogP) is 3.27. The largest absolute Gasteiger partial charge is 0.346 e. The molecule has 0 aliphatic carbocycles. The first-order chi connectivity index (χ1) is 11.7. The summed E-state index contributed by atoms with van der Waals surface area (Å²) in [6, 6.07) is 8.81. The normalized spacial score (nSPS) is 18.0. The standard InChI is InChI=1S/C19H22ClN3O2/c1-19(2,3)11-23-10-13(9-16(23)24)21-18(25)15-8-7-12-5-4-6-14(20)17(12)22-15/h4-8,13H,9-11H2,1-3H3,(H,21,25).